The van der Waals surface area contributed by atoms with E-state index < -0.39 is 0 Å². The van der Waals surface area contributed by atoms with Crippen LogP contribution < -0.4 is 22.9 Å². The molecule has 4 heteroatoms. The van der Waals surface area contributed by atoms with Crippen LogP contribution in [0.1, 0.15) is 0 Å². The van der Waals surface area contributed by atoms with Crippen molar-refractivity contribution in [3.8, 4) is 0 Å². The van der Waals surface area contributed by atoms with Crippen LogP contribution in [0.2, 0.25) is 0 Å². The van der Waals surface area contributed by atoms with E-state index >= 15 is 0 Å². The molecule has 0 bridgehead atoms. The molecule has 0 aliphatic heterocycles. The van der Waals surface area contributed by atoms with Gasteiger partial charge in [0.15, 0.2) is 0 Å². The standard InChI is InChI=1S/C4H13N3.H3N/c5-1-3-7-4-2-6;/h7H,1-6H2;1H3/p+1. The highest BCUT2D eigenvalue weighted by Gasteiger charge is 1.76. The van der Waals surface area contributed by atoms with Gasteiger partial charge in [0.25, 0.3) is 0 Å². The third-order valence-corrected chi connectivity index (χ3v) is 0.642. The first-order valence-corrected chi connectivity index (χ1v) is 2.52. The van der Waals surface area contributed by atoms with Gasteiger partial charge < -0.3 is 22.9 Å². The summed E-state index contributed by atoms with van der Waals surface area (Å²) in [5.74, 6) is 0. The minimum atomic E-state index is 0. The zero-order valence-electron chi connectivity index (χ0n) is 5.48. The fraction of sp³-hybridized carbons (Fsp3) is 1.00. The van der Waals surface area contributed by atoms with Gasteiger partial charge in [0, 0.05) is 26.2 Å². The van der Waals surface area contributed by atoms with Gasteiger partial charge in [-0.15, -0.1) is 0 Å². The summed E-state index contributed by atoms with van der Waals surface area (Å²) < 4.78 is 0. The Morgan fingerprint density at radius 1 is 1.00 bits per heavy atom. The Labute approximate surface area is 50.2 Å². The normalized spacial score (nSPS) is 8.25. The first kappa shape index (κ1) is 10.8. The van der Waals surface area contributed by atoms with Gasteiger partial charge in [0.05, 0.1) is 0 Å². The van der Waals surface area contributed by atoms with Crippen LogP contribution in [0.4, 0.5) is 0 Å². The Morgan fingerprint density at radius 2 is 1.38 bits per heavy atom. The Balaban J connectivity index is 0. The summed E-state index contributed by atoms with van der Waals surface area (Å²) in [6, 6.07) is 0. The van der Waals surface area contributed by atoms with Crippen molar-refractivity contribution in [3.63, 3.8) is 0 Å². The van der Waals surface area contributed by atoms with Crippen molar-refractivity contribution in [1.82, 2.24) is 11.5 Å². The van der Waals surface area contributed by atoms with Crippen molar-refractivity contribution in [2.45, 2.75) is 0 Å². The monoisotopic (exact) mass is 121 g/mol. The average molecular weight is 121 g/mol. The molecule has 0 atom stereocenters. The lowest BCUT2D eigenvalue weighted by Gasteiger charge is -1.95. The highest BCUT2D eigenvalue weighted by atomic mass is 14.9. The second-order valence-corrected chi connectivity index (χ2v) is 1.33. The Hall–Kier alpha value is -0.160. The summed E-state index contributed by atoms with van der Waals surface area (Å²) in [5, 5.41) is 3.03. The van der Waals surface area contributed by atoms with Crippen molar-refractivity contribution >= 4 is 0 Å². The summed E-state index contributed by atoms with van der Waals surface area (Å²) in [5.41, 5.74) is 10.3. The lowest BCUT2D eigenvalue weighted by atomic mass is 10.6. The molecule has 0 radical (unpaired) electrons. The van der Waals surface area contributed by atoms with Crippen molar-refractivity contribution in [1.29, 1.82) is 0 Å². The minimum Gasteiger partial charge on any atom is -0.369 e. The van der Waals surface area contributed by atoms with Crippen LogP contribution in [0.15, 0.2) is 0 Å². The van der Waals surface area contributed by atoms with E-state index in [0.29, 0.717) is 13.1 Å². The van der Waals surface area contributed by atoms with Crippen molar-refractivity contribution < 1.29 is 0 Å². The van der Waals surface area contributed by atoms with Gasteiger partial charge in [-0.3, -0.25) is 0 Å². The molecule has 8 heavy (non-hydrogen) atoms. The molecule has 0 heterocycles. The highest BCUT2D eigenvalue weighted by molar-refractivity contribution is 4.45. The second kappa shape index (κ2) is 9.96. The molecule has 0 aromatic rings. The number of quaternary nitrogens is 1. The van der Waals surface area contributed by atoms with Crippen LogP contribution in [0.5, 0.6) is 0 Å². The molecule has 0 aliphatic rings. The predicted octanol–water partition coefficient (Wildman–Crippen LogP) is -1.13. The lowest BCUT2D eigenvalue weighted by Crippen LogP contribution is -2.27. The van der Waals surface area contributed by atoms with Gasteiger partial charge in [0.1, 0.15) is 0 Å². The number of nitrogens with two attached hydrogens (primary N) is 2. The molecule has 0 spiro atoms. The number of rotatable bonds is 4. The smallest absolute Gasteiger partial charge is 0.00750 e. The van der Waals surface area contributed by atoms with Crippen LogP contribution in [0, 0.1) is 0 Å². The maximum atomic E-state index is 5.17. The molecule has 0 amide bonds. The quantitative estimate of drug-likeness (QED) is 0.354. The van der Waals surface area contributed by atoms with E-state index in [2.05, 4.69) is 5.32 Å². The lowest BCUT2D eigenvalue weighted by molar-refractivity contribution is 0.696. The molecule has 0 unspecified atom stereocenters. The molecule has 0 saturated carbocycles. The molecule has 0 aromatic heterocycles. The molecule has 9 N–H and O–H groups in total. The van der Waals surface area contributed by atoms with Crippen LogP contribution in [-0.4, -0.2) is 26.2 Å². The fourth-order valence-corrected chi connectivity index (χ4v) is 0.329. The van der Waals surface area contributed by atoms with Crippen molar-refractivity contribution in [2.24, 2.45) is 11.5 Å². The number of hydrogen-bond acceptors (Lipinski definition) is 3. The molecule has 0 aliphatic carbocycles. The van der Waals surface area contributed by atoms with Gasteiger partial charge in [0.2, 0.25) is 0 Å². The average Bonchev–Trinajstić information content (AvgIpc) is 1.69. The molecule has 0 aromatic carbocycles. The molecule has 0 saturated heterocycles. The molecule has 4 nitrogen and oxygen atoms in total. The summed E-state index contributed by atoms with van der Waals surface area (Å²) in [6.45, 7) is 3.13. The van der Waals surface area contributed by atoms with E-state index in [-0.39, 0.29) is 6.15 Å². The minimum absolute atomic E-state index is 0. The molecular formula is C4H17N4+. The van der Waals surface area contributed by atoms with Gasteiger partial charge in [-0.2, -0.15) is 0 Å². The zero-order valence-corrected chi connectivity index (χ0v) is 5.48. The summed E-state index contributed by atoms with van der Waals surface area (Å²) >= 11 is 0. The van der Waals surface area contributed by atoms with Crippen LogP contribution in [-0.2, 0) is 0 Å². The van der Waals surface area contributed by atoms with Crippen LogP contribution in [0.25, 0.3) is 0 Å². The Morgan fingerprint density at radius 3 is 1.62 bits per heavy atom. The Kier molecular flexibility index (Phi) is 13.4. The highest BCUT2D eigenvalue weighted by Crippen LogP contribution is 1.49. The van der Waals surface area contributed by atoms with E-state index in [0.717, 1.165) is 13.1 Å². The first-order valence-electron chi connectivity index (χ1n) is 2.52. The second-order valence-electron chi connectivity index (χ2n) is 1.33. The third-order valence-electron chi connectivity index (χ3n) is 0.642. The SMILES string of the molecule is NCCNCCN.[NH4+]. The Bertz CT molecular complexity index is 27.2. The first-order chi connectivity index (χ1) is 3.41. The van der Waals surface area contributed by atoms with Crippen molar-refractivity contribution in [3.05, 3.63) is 0 Å². The van der Waals surface area contributed by atoms with Crippen LogP contribution >= 0.6 is 0 Å². The molecule has 52 valence electrons. The topological polar surface area (TPSA) is 101 Å². The van der Waals surface area contributed by atoms with Gasteiger partial charge in [-0.05, 0) is 0 Å². The molecule has 0 fully saturated rings. The van der Waals surface area contributed by atoms with E-state index in [4.69, 9.17) is 11.5 Å². The zero-order chi connectivity index (χ0) is 5.54. The van der Waals surface area contributed by atoms with E-state index in [1.54, 1.807) is 0 Å². The largest absolute Gasteiger partial charge is 0.369 e. The maximum Gasteiger partial charge on any atom is 0.00750 e. The fourth-order valence-electron chi connectivity index (χ4n) is 0.329. The van der Waals surface area contributed by atoms with Gasteiger partial charge >= 0.3 is 0 Å². The maximum absolute atomic E-state index is 5.17. The number of hydrogen-bond donors (Lipinski definition) is 4. The predicted molar refractivity (Wildman–Crippen MR) is 37.0 cm³/mol. The van der Waals surface area contributed by atoms with Crippen LogP contribution in [0.3, 0.4) is 0 Å². The van der Waals surface area contributed by atoms with Gasteiger partial charge in [-0.25, -0.2) is 0 Å². The van der Waals surface area contributed by atoms with E-state index in [1.807, 2.05) is 0 Å². The van der Waals surface area contributed by atoms with Gasteiger partial charge in [-0.1, -0.05) is 0 Å². The van der Waals surface area contributed by atoms with E-state index in [9.17, 15) is 0 Å². The number of nitrogens with one attached hydrogen (secondary N) is 1. The summed E-state index contributed by atoms with van der Waals surface area (Å²) in [7, 11) is 0. The summed E-state index contributed by atoms with van der Waals surface area (Å²) in [6.07, 6.45) is 0. The third kappa shape index (κ3) is 9.28. The molecular weight excluding hydrogens is 104 g/mol. The summed E-state index contributed by atoms with van der Waals surface area (Å²) in [4.78, 5) is 0. The van der Waals surface area contributed by atoms with Crippen molar-refractivity contribution in [2.75, 3.05) is 26.2 Å². The molecule has 0 rings (SSSR count). The van der Waals surface area contributed by atoms with E-state index in [1.165, 1.54) is 0 Å².